The Bertz CT molecular complexity index is 1340. The van der Waals surface area contributed by atoms with Gasteiger partial charge in [-0.3, -0.25) is 14.5 Å². The Labute approximate surface area is 254 Å². The summed E-state index contributed by atoms with van der Waals surface area (Å²) in [6.45, 7) is 7.76. The van der Waals surface area contributed by atoms with Gasteiger partial charge in [0.1, 0.15) is 11.6 Å². The molecule has 1 atom stereocenters. The zero-order valence-corrected chi connectivity index (χ0v) is 25.5. The minimum absolute atomic E-state index is 0.0785. The molecule has 3 N–H and O–H groups in total. The molecule has 1 aliphatic rings. The number of aromatic carboxylic acids is 1. The minimum Gasteiger partial charge on any atom is -0.478 e. The van der Waals surface area contributed by atoms with E-state index in [-0.39, 0.29) is 38.2 Å². The second-order valence-corrected chi connectivity index (χ2v) is 12.4. The molecule has 3 rings (SSSR count). The minimum atomic E-state index is -4.39. The third kappa shape index (κ3) is 10.2. The maximum absolute atomic E-state index is 13.4. The Hall–Kier alpha value is -4.13. The van der Waals surface area contributed by atoms with Crippen LogP contribution < -0.4 is 15.5 Å². The van der Waals surface area contributed by atoms with E-state index in [1.54, 1.807) is 57.2 Å². The predicted molar refractivity (Wildman–Crippen MR) is 158 cm³/mol. The molecule has 0 aliphatic carbocycles. The number of ether oxygens (including phenoxy) is 1. The van der Waals surface area contributed by atoms with E-state index in [2.05, 4.69) is 10.6 Å². The van der Waals surface area contributed by atoms with E-state index >= 15 is 0 Å². The van der Waals surface area contributed by atoms with Crippen LogP contribution in [-0.2, 0) is 26.2 Å². The first-order valence-corrected chi connectivity index (χ1v) is 14.1. The van der Waals surface area contributed by atoms with Crippen molar-refractivity contribution in [2.45, 2.75) is 64.3 Å². The van der Waals surface area contributed by atoms with Gasteiger partial charge in [-0.1, -0.05) is 38.1 Å². The van der Waals surface area contributed by atoms with Crippen molar-refractivity contribution in [3.8, 4) is 0 Å². The summed E-state index contributed by atoms with van der Waals surface area (Å²) < 4.78 is 43.5. The number of hydrogen-bond donors (Lipinski definition) is 3. The Balaban J connectivity index is 1.70. The number of carboxylic acid groups (broad SMARTS) is 1. The van der Waals surface area contributed by atoms with Gasteiger partial charge in [-0.25, -0.2) is 9.59 Å². The van der Waals surface area contributed by atoms with Gasteiger partial charge in [0.2, 0.25) is 11.8 Å². The Morgan fingerprint density at radius 3 is 2.09 bits per heavy atom. The largest absolute Gasteiger partial charge is 0.478 e. The number of amides is 3. The summed E-state index contributed by atoms with van der Waals surface area (Å²) in [6.07, 6.45) is -5.07. The van der Waals surface area contributed by atoms with Crippen molar-refractivity contribution in [1.29, 1.82) is 0 Å². The predicted octanol–water partition coefficient (Wildman–Crippen LogP) is 4.13. The molecule has 0 spiro atoms. The SMILES string of the molecule is CC(C)(C)OC(=O)N[C@@H](Cc1ccc(N2CCN(CC(F)(F)F)CC2=O)cc1)C(=O)NCC(C)(C)c1ccc(C(=O)O)cc1. The molecule has 1 aliphatic heterocycles. The van der Waals surface area contributed by atoms with Crippen molar-refractivity contribution in [3.05, 3.63) is 65.2 Å². The van der Waals surface area contributed by atoms with Crippen molar-refractivity contribution in [3.63, 3.8) is 0 Å². The Morgan fingerprint density at radius 2 is 1.57 bits per heavy atom. The quantitative estimate of drug-likeness (QED) is 0.365. The average molecular weight is 621 g/mol. The summed E-state index contributed by atoms with van der Waals surface area (Å²) in [5.74, 6) is -1.95. The first kappa shape index (κ1) is 34.4. The third-order valence-corrected chi connectivity index (χ3v) is 7.02. The van der Waals surface area contributed by atoms with Gasteiger partial charge in [0.25, 0.3) is 0 Å². The molecule has 1 fully saturated rings. The number of alkyl carbamates (subject to hydrolysis) is 1. The number of carbonyl (C=O) groups excluding carboxylic acids is 3. The normalized spacial score (nSPS) is 15.5. The van der Waals surface area contributed by atoms with Gasteiger partial charge >= 0.3 is 18.2 Å². The van der Waals surface area contributed by atoms with Crippen LogP contribution in [0.5, 0.6) is 0 Å². The maximum atomic E-state index is 13.4. The smallest absolute Gasteiger partial charge is 0.408 e. The number of nitrogens with one attached hydrogen (secondary N) is 2. The fourth-order valence-corrected chi connectivity index (χ4v) is 4.69. The second-order valence-electron chi connectivity index (χ2n) is 12.4. The second kappa shape index (κ2) is 13.7. The van der Waals surface area contributed by atoms with Crippen LogP contribution in [0.2, 0.25) is 0 Å². The first-order valence-electron chi connectivity index (χ1n) is 14.1. The summed E-state index contributed by atoms with van der Waals surface area (Å²) in [5, 5.41) is 14.7. The molecule has 1 saturated heterocycles. The number of halogens is 3. The fourth-order valence-electron chi connectivity index (χ4n) is 4.69. The lowest BCUT2D eigenvalue weighted by atomic mass is 9.84. The van der Waals surface area contributed by atoms with E-state index in [0.29, 0.717) is 11.3 Å². The molecule has 2 aromatic carbocycles. The molecule has 0 saturated carbocycles. The zero-order chi connectivity index (χ0) is 32.9. The van der Waals surface area contributed by atoms with Crippen LogP contribution in [0, 0.1) is 0 Å². The number of benzene rings is 2. The van der Waals surface area contributed by atoms with Crippen molar-refractivity contribution >= 4 is 29.6 Å². The molecule has 240 valence electrons. The topological polar surface area (TPSA) is 128 Å². The standard InChI is InChI=1S/C31H39F3N4O6/c1-29(2,3)44-28(43)36-24(26(40)35-18-30(4,5)22-10-8-21(9-11-22)27(41)42)16-20-6-12-23(13-7-20)38-15-14-37(17-25(38)39)19-31(32,33)34/h6-13,24H,14-19H2,1-5H3,(H,35,40)(H,36,43)(H,41,42)/t24-/m0/s1. The van der Waals surface area contributed by atoms with Gasteiger partial charge in [0.05, 0.1) is 18.7 Å². The number of alkyl halides is 3. The van der Waals surface area contributed by atoms with Crippen LogP contribution in [0.1, 0.15) is 56.1 Å². The molecular weight excluding hydrogens is 581 g/mol. The molecule has 44 heavy (non-hydrogen) atoms. The highest BCUT2D eigenvalue weighted by molar-refractivity contribution is 5.95. The van der Waals surface area contributed by atoms with Crippen molar-refractivity contribution in [2.75, 3.05) is 37.6 Å². The summed E-state index contributed by atoms with van der Waals surface area (Å²) in [6, 6.07) is 12.0. The number of anilines is 1. The monoisotopic (exact) mass is 620 g/mol. The summed E-state index contributed by atoms with van der Waals surface area (Å²) in [5.41, 5.74) is 0.770. The van der Waals surface area contributed by atoms with E-state index in [9.17, 15) is 32.3 Å². The lowest BCUT2D eigenvalue weighted by molar-refractivity contribution is -0.150. The molecule has 13 heteroatoms. The highest BCUT2D eigenvalue weighted by Crippen LogP contribution is 2.24. The van der Waals surface area contributed by atoms with E-state index in [0.717, 1.165) is 10.5 Å². The van der Waals surface area contributed by atoms with E-state index in [1.807, 2.05) is 13.8 Å². The molecule has 3 amide bonds. The lowest BCUT2D eigenvalue weighted by Gasteiger charge is -2.34. The van der Waals surface area contributed by atoms with Crippen LogP contribution in [0.15, 0.2) is 48.5 Å². The van der Waals surface area contributed by atoms with Crippen LogP contribution in [0.4, 0.5) is 23.7 Å². The summed E-state index contributed by atoms with van der Waals surface area (Å²) >= 11 is 0. The average Bonchev–Trinajstić information content (AvgIpc) is 2.90. The van der Waals surface area contributed by atoms with Crippen molar-refractivity contribution in [2.24, 2.45) is 0 Å². The van der Waals surface area contributed by atoms with Crippen LogP contribution >= 0.6 is 0 Å². The molecule has 10 nitrogen and oxygen atoms in total. The lowest BCUT2D eigenvalue weighted by Crippen LogP contribution is -2.52. The molecule has 2 aromatic rings. The Morgan fingerprint density at radius 1 is 0.955 bits per heavy atom. The van der Waals surface area contributed by atoms with E-state index in [4.69, 9.17) is 9.84 Å². The number of carbonyl (C=O) groups is 4. The van der Waals surface area contributed by atoms with Gasteiger partial charge in [-0.15, -0.1) is 0 Å². The molecule has 0 bridgehead atoms. The Kier molecular flexibility index (Phi) is 10.7. The highest BCUT2D eigenvalue weighted by Gasteiger charge is 2.35. The number of rotatable bonds is 10. The molecule has 1 heterocycles. The van der Waals surface area contributed by atoms with Gasteiger partial charge < -0.3 is 25.4 Å². The number of carboxylic acids is 1. The zero-order valence-electron chi connectivity index (χ0n) is 25.5. The van der Waals surface area contributed by atoms with Crippen molar-refractivity contribution in [1.82, 2.24) is 15.5 Å². The van der Waals surface area contributed by atoms with Crippen LogP contribution in [0.3, 0.4) is 0 Å². The molecule has 0 radical (unpaired) electrons. The third-order valence-electron chi connectivity index (χ3n) is 7.02. The van der Waals surface area contributed by atoms with Gasteiger partial charge in [-0.05, 0) is 56.2 Å². The first-order chi connectivity index (χ1) is 20.3. The summed E-state index contributed by atoms with van der Waals surface area (Å²) in [7, 11) is 0. The van der Waals surface area contributed by atoms with Gasteiger partial charge in [-0.2, -0.15) is 13.2 Å². The van der Waals surface area contributed by atoms with Crippen LogP contribution in [-0.4, -0.2) is 84.4 Å². The number of hydrogen-bond acceptors (Lipinski definition) is 6. The maximum Gasteiger partial charge on any atom is 0.408 e. The molecular formula is C31H39F3N4O6. The van der Waals surface area contributed by atoms with Crippen LogP contribution in [0.25, 0.3) is 0 Å². The molecule has 0 aromatic heterocycles. The van der Waals surface area contributed by atoms with E-state index in [1.165, 1.54) is 17.0 Å². The highest BCUT2D eigenvalue weighted by atomic mass is 19.4. The van der Waals surface area contributed by atoms with Gasteiger partial charge in [0.15, 0.2) is 0 Å². The van der Waals surface area contributed by atoms with Gasteiger partial charge in [0, 0.05) is 37.2 Å². The van der Waals surface area contributed by atoms with Crippen molar-refractivity contribution < 1.29 is 42.2 Å². The fraction of sp³-hybridized carbons (Fsp3) is 0.484. The number of nitrogens with zero attached hydrogens (tertiary/aromatic N) is 2. The summed E-state index contributed by atoms with van der Waals surface area (Å²) in [4.78, 5) is 52.2. The van der Waals surface area contributed by atoms with E-state index < -0.39 is 53.7 Å². The number of piperazine rings is 1. The molecule has 0 unspecified atom stereocenters.